The van der Waals surface area contributed by atoms with E-state index in [9.17, 15) is 4.79 Å². The van der Waals surface area contributed by atoms with Crippen LogP contribution in [0.15, 0.2) is 36.0 Å². The van der Waals surface area contributed by atoms with Gasteiger partial charge in [0.2, 0.25) is 0 Å². The van der Waals surface area contributed by atoms with Gasteiger partial charge in [0.25, 0.3) is 5.91 Å². The molecule has 0 aliphatic heterocycles. The Balaban J connectivity index is 1.88. The maximum Gasteiger partial charge on any atom is 0.251 e. The Hall–Kier alpha value is -1.68. The normalized spacial score (nSPS) is 10.2. The summed E-state index contributed by atoms with van der Waals surface area (Å²) in [6.07, 6.45) is 2.67. The van der Waals surface area contributed by atoms with E-state index in [4.69, 9.17) is 0 Å². The molecule has 1 aromatic carbocycles. The largest absolute Gasteiger partial charge is 0.352 e. The predicted molar refractivity (Wildman–Crippen MR) is 69.3 cm³/mol. The molecule has 88 valence electrons. The maximum atomic E-state index is 11.9. The van der Waals surface area contributed by atoms with Crippen molar-refractivity contribution >= 4 is 17.2 Å². The number of aryl methyl sites for hydroxylation is 1. The first-order chi connectivity index (χ1) is 8.27. The Bertz CT molecular complexity index is 494. The molecule has 0 fully saturated rings. The molecule has 1 N–H and O–H groups in total. The summed E-state index contributed by atoms with van der Waals surface area (Å²) in [5.41, 5.74) is 3.55. The summed E-state index contributed by atoms with van der Waals surface area (Å²) in [6.45, 7) is 2.59. The molecule has 0 aliphatic carbocycles. The number of amides is 1. The van der Waals surface area contributed by atoms with Crippen molar-refractivity contribution < 1.29 is 4.79 Å². The van der Waals surface area contributed by atoms with E-state index in [1.54, 1.807) is 16.8 Å². The van der Waals surface area contributed by atoms with E-state index in [0.717, 1.165) is 17.5 Å². The van der Waals surface area contributed by atoms with Crippen LogP contribution in [0.2, 0.25) is 0 Å². The molecule has 1 heterocycles. The summed E-state index contributed by atoms with van der Waals surface area (Å²) < 4.78 is 0. The Morgan fingerprint density at radius 2 is 2.24 bits per heavy atom. The lowest BCUT2D eigenvalue weighted by Crippen LogP contribution is -2.26. The zero-order valence-electron chi connectivity index (χ0n) is 9.64. The summed E-state index contributed by atoms with van der Waals surface area (Å²) in [5.74, 6) is -0.00684. The van der Waals surface area contributed by atoms with Crippen molar-refractivity contribution in [3.63, 3.8) is 0 Å². The number of benzene rings is 1. The smallest absolute Gasteiger partial charge is 0.251 e. The number of rotatable bonds is 4. The van der Waals surface area contributed by atoms with E-state index >= 15 is 0 Å². The lowest BCUT2D eigenvalue weighted by atomic mass is 10.1. The highest BCUT2D eigenvalue weighted by Crippen LogP contribution is 2.07. The Morgan fingerprint density at radius 3 is 2.94 bits per heavy atom. The summed E-state index contributed by atoms with van der Waals surface area (Å²) in [5, 5.41) is 2.92. The van der Waals surface area contributed by atoms with Crippen molar-refractivity contribution in [2.24, 2.45) is 0 Å². The molecule has 0 radical (unpaired) electrons. The van der Waals surface area contributed by atoms with E-state index in [1.807, 2.05) is 37.4 Å². The minimum Gasteiger partial charge on any atom is -0.352 e. The van der Waals surface area contributed by atoms with Crippen LogP contribution in [0.4, 0.5) is 0 Å². The van der Waals surface area contributed by atoms with Gasteiger partial charge in [0.05, 0.1) is 5.51 Å². The van der Waals surface area contributed by atoms with Crippen molar-refractivity contribution in [3.8, 4) is 0 Å². The first-order valence-electron chi connectivity index (χ1n) is 5.48. The van der Waals surface area contributed by atoms with Crippen molar-refractivity contribution in [3.05, 3.63) is 52.0 Å². The van der Waals surface area contributed by atoms with Gasteiger partial charge in [0.1, 0.15) is 0 Å². The van der Waals surface area contributed by atoms with Gasteiger partial charge in [-0.1, -0.05) is 18.2 Å². The highest BCUT2D eigenvalue weighted by atomic mass is 32.1. The molecule has 0 saturated heterocycles. The second-order valence-corrected chi connectivity index (χ2v) is 4.76. The van der Waals surface area contributed by atoms with E-state index in [1.165, 1.54) is 4.88 Å². The van der Waals surface area contributed by atoms with E-state index in [0.29, 0.717) is 6.54 Å². The monoisotopic (exact) mass is 246 g/mol. The van der Waals surface area contributed by atoms with Gasteiger partial charge in [-0.05, 0) is 18.6 Å². The number of nitrogens with one attached hydrogen (secondary N) is 1. The summed E-state index contributed by atoms with van der Waals surface area (Å²) in [4.78, 5) is 17.1. The molecule has 0 saturated carbocycles. The molecule has 0 bridgehead atoms. The van der Waals surface area contributed by atoms with E-state index < -0.39 is 0 Å². The molecule has 17 heavy (non-hydrogen) atoms. The molecule has 2 aromatic rings. The molecule has 1 aromatic heterocycles. The Kier molecular flexibility index (Phi) is 3.88. The minimum absolute atomic E-state index is 0.00684. The van der Waals surface area contributed by atoms with Gasteiger partial charge in [0, 0.05) is 29.6 Å². The van der Waals surface area contributed by atoms with Crippen LogP contribution in [0.1, 0.15) is 20.8 Å². The average Bonchev–Trinajstić information content (AvgIpc) is 2.82. The molecular formula is C13H14N2OS. The number of nitrogens with zero attached hydrogens (tertiary/aromatic N) is 1. The number of hydrogen-bond donors (Lipinski definition) is 1. The van der Waals surface area contributed by atoms with Gasteiger partial charge in [-0.2, -0.15) is 0 Å². The SMILES string of the molecule is Cc1ccccc1C(=O)NCCc1cncs1. The van der Waals surface area contributed by atoms with E-state index in [2.05, 4.69) is 10.3 Å². The van der Waals surface area contributed by atoms with Crippen LogP contribution < -0.4 is 5.32 Å². The number of carbonyl (C=O) groups excluding carboxylic acids is 1. The van der Waals surface area contributed by atoms with Gasteiger partial charge < -0.3 is 5.32 Å². The minimum atomic E-state index is -0.00684. The fourth-order valence-electron chi connectivity index (χ4n) is 1.59. The molecule has 4 heteroatoms. The number of carbonyl (C=O) groups is 1. The van der Waals surface area contributed by atoms with Gasteiger partial charge in [-0.15, -0.1) is 11.3 Å². The quantitative estimate of drug-likeness (QED) is 0.900. The summed E-state index contributed by atoms with van der Waals surface area (Å²) in [7, 11) is 0. The molecule has 0 atom stereocenters. The molecule has 0 spiro atoms. The Morgan fingerprint density at radius 1 is 1.41 bits per heavy atom. The second kappa shape index (κ2) is 5.59. The van der Waals surface area contributed by atoms with Crippen molar-refractivity contribution in [1.29, 1.82) is 0 Å². The van der Waals surface area contributed by atoms with Crippen molar-refractivity contribution in [2.45, 2.75) is 13.3 Å². The van der Waals surface area contributed by atoms with Gasteiger partial charge >= 0.3 is 0 Å². The lowest BCUT2D eigenvalue weighted by Gasteiger charge is -2.06. The van der Waals surface area contributed by atoms with Gasteiger partial charge in [0.15, 0.2) is 0 Å². The standard InChI is InChI=1S/C13H14N2OS/c1-10-4-2-3-5-12(10)13(16)15-7-6-11-8-14-9-17-11/h2-5,8-9H,6-7H2,1H3,(H,15,16). The van der Waals surface area contributed by atoms with Gasteiger partial charge in [-0.25, -0.2) is 0 Å². The summed E-state index contributed by atoms with van der Waals surface area (Å²) in [6, 6.07) is 7.60. The van der Waals surface area contributed by atoms with Crippen LogP contribution in [-0.2, 0) is 6.42 Å². The van der Waals surface area contributed by atoms with Crippen LogP contribution in [0.3, 0.4) is 0 Å². The Labute approximate surface area is 105 Å². The topological polar surface area (TPSA) is 42.0 Å². The summed E-state index contributed by atoms with van der Waals surface area (Å²) >= 11 is 1.61. The highest BCUT2D eigenvalue weighted by Gasteiger charge is 2.07. The zero-order valence-corrected chi connectivity index (χ0v) is 10.5. The molecular weight excluding hydrogens is 232 g/mol. The van der Waals surface area contributed by atoms with Crippen LogP contribution >= 0.6 is 11.3 Å². The molecule has 1 amide bonds. The third-order valence-electron chi connectivity index (χ3n) is 2.53. The van der Waals surface area contributed by atoms with Crippen molar-refractivity contribution in [2.75, 3.05) is 6.54 Å². The first-order valence-corrected chi connectivity index (χ1v) is 6.36. The van der Waals surface area contributed by atoms with Crippen LogP contribution in [0, 0.1) is 6.92 Å². The number of aromatic nitrogens is 1. The van der Waals surface area contributed by atoms with E-state index in [-0.39, 0.29) is 5.91 Å². The zero-order chi connectivity index (χ0) is 12.1. The molecule has 3 nitrogen and oxygen atoms in total. The predicted octanol–water partition coefficient (Wildman–Crippen LogP) is 2.42. The third-order valence-corrected chi connectivity index (χ3v) is 3.37. The van der Waals surface area contributed by atoms with Gasteiger partial charge in [-0.3, -0.25) is 9.78 Å². The fraction of sp³-hybridized carbons (Fsp3) is 0.231. The maximum absolute atomic E-state index is 11.9. The second-order valence-electron chi connectivity index (χ2n) is 3.79. The number of thiazole rings is 1. The number of hydrogen-bond acceptors (Lipinski definition) is 3. The molecule has 0 aliphatic rings. The van der Waals surface area contributed by atoms with Crippen LogP contribution in [0.25, 0.3) is 0 Å². The molecule has 0 unspecified atom stereocenters. The fourth-order valence-corrected chi connectivity index (χ4v) is 2.19. The average molecular weight is 246 g/mol. The lowest BCUT2D eigenvalue weighted by molar-refractivity contribution is 0.0953. The highest BCUT2D eigenvalue weighted by molar-refractivity contribution is 7.09. The molecule has 2 rings (SSSR count). The van der Waals surface area contributed by atoms with Crippen LogP contribution in [-0.4, -0.2) is 17.4 Å². The van der Waals surface area contributed by atoms with Crippen molar-refractivity contribution in [1.82, 2.24) is 10.3 Å². The first kappa shape index (κ1) is 11.8. The third kappa shape index (κ3) is 3.14. The van der Waals surface area contributed by atoms with Crippen LogP contribution in [0.5, 0.6) is 0 Å².